The van der Waals surface area contributed by atoms with E-state index in [9.17, 15) is 4.79 Å². The Bertz CT molecular complexity index is 1190. The normalized spacial score (nSPS) is 10.8. The zero-order valence-electron chi connectivity index (χ0n) is 15.7. The zero-order chi connectivity index (χ0) is 19.7. The van der Waals surface area contributed by atoms with Crippen molar-refractivity contribution in [2.24, 2.45) is 0 Å². The van der Waals surface area contributed by atoms with Gasteiger partial charge in [-0.2, -0.15) is 0 Å². The fourth-order valence-corrected chi connectivity index (χ4v) is 3.17. The summed E-state index contributed by atoms with van der Waals surface area (Å²) >= 11 is 0. The number of benzene rings is 2. The van der Waals surface area contributed by atoms with Crippen LogP contribution in [0.15, 0.2) is 68.2 Å². The molecule has 0 spiro atoms. The Balaban J connectivity index is 1.97. The van der Waals surface area contributed by atoms with Gasteiger partial charge < -0.3 is 23.6 Å². The lowest BCUT2D eigenvalue weighted by molar-refractivity contribution is 0.355. The highest BCUT2D eigenvalue weighted by atomic mass is 16.5. The van der Waals surface area contributed by atoms with Gasteiger partial charge in [0, 0.05) is 11.8 Å². The number of hydrogen-bond donors (Lipinski definition) is 1. The fourth-order valence-electron chi connectivity index (χ4n) is 3.17. The lowest BCUT2D eigenvalue weighted by atomic mass is 10.0. The number of aryl methyl sites for hydroxylation is 1. The molecule has 0 radical (unpaired) electrons. The van der Waals surface area contributed by atoms with E-state index in [1.165, 1.54) is 0 Å². The van der Waals surface area contributed by atoms with Crippen LogP contribution in [0, 0.1) is 6.92 Å². The van der Waals surface area contributed by atoms with Crippen LogP contribution in [0.25, 0.3) is 22.1 Å². The molecule has 4 aromatic rings. The van der Waals surface area contributed by atoms with Crippen LogP contribution in [-0.4, -0.2) is 14.2 Å². The number of nitrogens with one attached hydrogen (secondary N) is 1. The first kappa shape index (κ1) is 17.7. The first-order valence-corrected chi connectivity index (χ1v) is 8.72. The summed E-state index contributed by atoms with van der Waals surface area (Å²) in [7, 11) is 3.14. The average molecular weight is 377 g/mol. The maximum atomic E-state index is 12.6. The van der Waals surface area contributed by atoms with Gasteiger partial charge >= 0.3 is 5.63 Å². The van der Waals surface area contributed by atoms with Crippen molar-refractivity contribution in [2.75, 3.05) is 19.5 Å². The summed E-state index contributed by atoms with van der Waals surface area (Å²) in [5.74, 6) is 2.08. The summed E-state index contributed by atoms with van der Waals surface area (Å²) in [6.45, 7) is 1.71. The van der Waals surface area contributed by atoms with Crippen molar-refractivity contribution in [1.82, 2.24) is 0 Å². The first-order chi connectivity index (χ1) is 13.6. The van der Waals surface area contributed by atoms with Gasteiger partial charge in [-0.1, -0.05) is 24.3 Å². The van der Waals surface area contributed by atoms with Gasteiger partial charge in [-0.05, 0) is 36.8 Å². The maximum absolute atomic E-state index is 12.6. The van der Waals surface area contributed by atoms with Crippen LogP contribution in [-0.2, 0) is 0 Å². The maximum Gasteiger partial charge on any atom is 0.347 e. The van der Waals surface area contributed by atoms with Gasteiger partial charge in [0.25, 0.3) is 0 Å². The molecule has 6 nitrogen and oxygen atoms in total. The Morgan fingerprint density at radius 1 is 0.893 bits per heavy atom. The van der Waals surface area contributed by atoms with Crippen LogP contribution >= 0.6 is 0 Å². The predicted molar refractivity (Wildman–Crippen MR) is 108 cm³/mol. The topological polar surface area (TPSA) is 73.8 Å². The number of furan rings is 1. The molecule has 28 heavy (non-hydrogen) atoms. The molecular weight excluding hydrogens is 358 g/mol. The Morgan fingerprint density at radius 3 is 2.36 bits per heavy atom. The monoisotopic (exact) mass is 377 g/mol. The number of methoxy groups -OCH3 is 2. The van der Waals surface area contributed by atoms with Crippen molar-refractivity contribution < 1.29 is 18.3 Å². The van der Waals surface area contributed by atoms with Crippen molar-refractivity contribution in [1.29, 1.82) is 0 Å². The summed E-state index contributed by atoms with van der Waals surface area (Å²) in [6, 6.07) is 16.7. The molecule has 0 bridgehead atoms. The molecule has 1 N–H and O–H groups in total. The Hall–Kier alpha value is -3.67. The van der Waals surface area contributed by atoms with Gasteiger partial charge in [0.15, 0.2) is 11.5 Å². The molecule has 0 amide bonds. The van der Waals surface area contributed by atoms with Gasteiger partial charge in [-0.15, -0.1) is 0 Å². The minimum Gasteiger partial charge on any atom is -0.493 e. The van der Waals surface area contributed by atoms with Gasteiger partial charge in [0.1, 0.15) is 16.7 Å². The molecular formula is C22H19NO5. The number of fused-ring (bicyclic) bond motifs is 1. The predicted octanol–water partition coefficient (Wildman–Crippen LogP) is 5.12. The number of rotatable bonds is 5. The minimum atomic E-state index is -0.454. The highest BCUT2D eigenvalue weighted by Crippen LogP contribution is 2.41. The zero-order valence-corrected chi connectivity index (χ0v) is 15.7. The van der Waals surface area contributed by atoms with Crippen LogP contribution < -0.4 is 20.4 Å². The van der Waals surface area contributed by atoms with Gasteiger partial charge in [-0.3, -0.25) is 0 Å². The molecule has 0 aliphatic rings. The van der Waals surface area contributed by atoms with E-state index in [0.717, 1.165) is 11.3 Å². The highest BCUT2D eigenvalue weighted by molar-refractivity contribution is 6.00. The van der Waals surface area contributed by atoms with Crippen LogP contribution in [0.5, 0.6) is 11.5 Å². The standard InChI is InChI=1S/C22H19NO5/c1-13-11-18-20(22(24)27-13)19(14-9-10-16(25-2)17(12-14)26-3)21(28-18)23-15-7-5-4-6-8-15/h4-12,23H,1-3H3. The van der Waals surface area contributed by atoms with E-state index < -0.39 is 5.63 Å². The van der Waals surface area contributed by atoms with Crippen molar-refractivity contribution in [3.8, 4) is 22.6 Å². The van der Waals surface area contributed by atoms with Crippen molar-refractivity contribution in [3.05, 3.63) is 70.8 Å². The summed E-state index contributed by atoms with van der Waals surface area (Å²) in [5, 5.41) is 3.63. The van der Waals surface area contributed by atoms with E-state index in [1.807, 2.05) is 36.4 Å². The minimum absolute atomic E-state index is 0.372. The molecule has 4 rings (SSSR count). The summed E-state index contributed by atoms with van der Waals surface area (Å²) in [6.07, 6.45) is 0. The number of ether oxygens (including phenoxy) is 2. The second kappa shape index (κ2) is 7.15. The molecule has 2 aromatic carbocycles. The quantitative estimate of drug-likeness (QED) is 0.520. The van der Waals surface area contributed by atoms with E-state index in [0.29, 0.717) is 39.7 Å². The molecule has 6 heteroatoms. The van der Waals surface area contributed by atoms with Crippen LogP contribution in [0.1, 0.15) is 5.76 Å². The number of para-hydroxylation sites is 1. The van der Waals surface area contributed by atoms with E-state index in [-0.39, 0.29) is 0 Å². The van der Waals surface area contributed by atoms with Crippen molar-refractivity contribution >= 4 is 22.5 Å². The Kier molecular flexibility index (Phi) is 4.53. The third-order valence-electron chi connectivity index (χ3n) is 4.43. The van der Waals surface area contributed by atoms with Gasteiger partial charge in [-0.25, -0.2) is 4.79 Å². The third kappa shape index (κ3) is 3.09. The highest BCUT2D eigenvalue weighted by Gasteiger charge is 2.22. The largest absolute Gasteiger partial charge is 0.493 e. The Labute approximate surface area is 161 Å². The van der Waals surface area contributed by atoms with Crippen molar-refractivity contribution in [3.63, 3.8) is 0 Å². The fraction of sp³-hybridized carbons (Fsp3) is 0.136. The lowest BCUT2D eigenvalue weighted by Gasteiger charge is -2.10. The summed E-state index contributed by atoms with van der Waals surface area (Å²) < 4.78 is 22.1. The van der Waals surface area contributed by atoms with Crippen LogP contribution in [0.2, 0.25) is 0 Å². The van der Waals surface area contributed by atoms with Gasteiger partial charge in [0.05, 0.1) is 19.8 Å². The van der Waals surface area contributed by atoms with E-state index >= 15 is 0 Å². The van der Waals surface area contributed by atoms with Crippen molar-refractivity contribution in [2.45, 2.75) is 6.92 Å². The summed E-state index contributed by atoms with van der Waals surface area (Å²) in [4.78, 5) is 12.6. The van der Waals surface area contributed by atoms with Crippen LogP contribution in [0.3, 0.4) is 0 Å². The second-order valence-electron chi connectivity index (χ2n) is 6.25. The summed E-state index contributed by atoms with van der Waals surface area (Å²) in [5.41, 5.74) is 2.19. The molecule has 0 saturated carbocycles. The number of hydrogen-bond acceptors (Lipinski definition) is 6. The van der Waals surface area contributed by atoms with E-state index in [1.54, 1.807) is 39.3 Å². The van der Waals surface area contributed by atoms with Gasteiger partial charge in [0.2, 0.25) is 5.88 Å². The molecule has 0 atom stereocenters. The number of anilines is 2. The van der Waals surface area contributed by atoms with E-state index in [4.69, 9.17) is 18.3 Å². The van der Waals surface area contributed by atoms with Crippen LogP contribution in [0.4, 0.5) is 11.6 Å². The first-order valence-electron chi connectivity index (χ1n) is 8.72. The molecule has 0 unspecified atom stereocenters. The third-order valence-corrected chi connectivity index (χ3v) is 4.43. The molecule has 142 valence electrons. The molecule has 2 aromatic heterocycles. The molecule has 0 aliphatic heterocycles. The second-order valence-corrected chi connectivity index (χ2v) is 6.25. The molecule has 0 fully saturated rings. The molecule has 2 heterocycles. The average Bonchev–Trinajstić information content (AvgIpc) is 3.06. The smallest absolute Gasteiger partial charge is 0.347 e. The lowest BCUT2D eigenvalue weighted by Crippen LogP contribution is -2.00. The Morgan fingerprint density at radius 2 is 1.64 bits per heavy atom. The SMILES string of the molecule is COc1ccc(-c2c(Nc3ccccc3)oc3cc(C)oc(=O)c23)cc1OC. The molecule has 0 aliphatic carbocycles. The molecule has 0 saturated heterocycles. The van der Waals surface area contributed by atoms with E-state index in [2.05, 4.69) is 5.32 Å².